The van der Waals surface area contributed by atoms with E-state index in [1.165, 1.54) is 0 Å². The molecule has 0 amide bonds. The molecular weight excluding hydrogens is 272 g/mol. The average molecular weight is 294 g/mol. The highest BCUT2D eigenvalue weighted by Crippen LogP contribution is 2.15. The number of aliphatic carboxylic acids is 1. The number of carbonyl (C=O) groups is 1. The monoisotopic (exact) mass is 294 g/mol. The van der Waals surface area contributed by atoms with Gasteiger partial charge in [-0.05, 0) is 18.4 Å². The summed E-state index contributed by atoms with van der Waals surface area (Å²) in [5.74, 6) is 0.575. The zero-order valence-corrected chi connectivity index (χ0v) is 12.5. The molecule has 116 valence electrons. The summed E-state index contributed by atoms with van der Waals surface area (Å²) in [6.45, 7) is 6.81. The van der Waals surface area contributed by atoms with E-state index in [2.05, 4.69) is 15.3 Å². The van der Waals surface area contributed by atoms with Crippen molar-refractivity contribution < 1.29 is 14.6 Å². The maximum Gasteiger partial charge on any atom is 0.326 e. The van der Waals surface area contributed by atoms with Crippen molar-refractivity contribution in [2.45, 2.75) is 26.3 Å². The zero-order valence-electron chi connectivity index (χ0n) is 12.5. The van der Waals surface area contributed by atoms with Crippen LogP contribution in [-0.4, -0.2) is 53.4 Å². The molecule has 1 saturated heterocycles. The van der Waals surface area contributed by atoms with Crippen LogP contribution in [0, 0.1) is 5.92 Å². The van der Waals surface area contributed by atoms with E-state index >= 15 is 0 Å². The van der Waals surface area contributed by atoms with Crippen LogP contribution in [0.4, 0.5) is 11.8 Å². The van der Waals surface area contributed by atoms with Gasteiger partial charge in [-0.25, -0.2) is 9.78 Å². The van der Waals surface area contributed by atoms with E-state index in [0.717, 1.165) is 13.1 Å². The normalized spacial score (nSPS) is 16.8. The number of ether oxygens (including phenoxy) is 1. The van der Waals surface area contributed by atoms with E-state index < -0.39 is 12.0 Å². The van der Waals surface area contributed by atoms with Crippen molar-refractivity contribution in [1.82, 2.24) is 9.97 Å². The lowest BCUT2D eigenvalue weighted by Crippen LogP contribution is -2.37. The minimum absolute atomic E-state index is 0.291. The number of nitrogens with one attached hydrogen (secondary N) is 1. The number of nitrogens with zero attached hydrogens (tertiary/aromatic N) is 3. The first-order valence-corrected chi connectivity index (χ1v) is 7.21. The number of morpholine rings is 1. The lowest BCUT2D eigenvalue weighted by Gasteiger charge is -2.27. The quantitative estimate of drug-likeness (QED) is 0.815. The summed E-state index contributed by atoms with van der Waals surface area (Å²) in [5.41, 5.74) is 0. The molecular formula is C14H22N4O3. The van der Waals surface area contributed by atoms with Crippen LogP contribution in [0.2, 0.25) is 0 Å². The SMILES string of the molecule is CC(C)C[C@H](Nc1ccnc(N2CCOCC2)n1)C(=O)O. The van der Waals surface area contributed by atoms with Crippen LogP contribution in [-0.2, 0) is 9.53 Å². The van der Waals surface area contributed by atoms with Gasteiger partial charge in [0, 0.05) is 19.3 Å². The standard InChI is InChI=1S/C14H22N4O3/c1-10(2)9-11(13(19)20)16-12-3-4-15-14(17-12)18-5-7-21-8-6-18/h3-4,10-11H,5-9H2,1-2H3,(H,19,20)(H,15,16,17)/t11-/m0/s1. The maximum absolute atomic E-state index is 11.3. The van der Waals surface area contributed by atoms with Crippen LogP contribution in [0.1, 0.15) is 20.3 Å². The van der Waals surface area contributed by atoms with Crippen LogP contribution in [0.3, 0.4) is 0 Å². The van der Waals surface area contributed by atoms with Gasteiger partial charge >= 0.3 is 5.97 Å². The fourth-order valence-electron chi connectivity index (χ4n) is 2.22. The Morgan fingerprint density at radius 1 is 1.48 bits per heavy atom. The number of hydrogen-bond acceptors (Lipinski definition) is 6. The molecule has 0 aliphatic carbocycles. The predicted octanol–water partition coefficient (Wildman–Crippen LogP) is 1.22. The number of aromatic nitrogens is 2. The van der Waals surface area contributed by atoms with E-state index in [1.54, 1.807) is 12.3 Å². The molecule has 21 heavy (non-hydrogen) atoms. The molecule has 1 aromatic heterocycles. The zero-order chi connectivity index (χ0) is 15.2. The molecule has 1 aliphatic heterocycles. The first-order valence-electron chi connectivity index (χ1n) is 7.21. The van der Waals surface area contributed by atoms with Crippen LogP contribution in [0.25, 0.3) is 0 Å². The topological polar surface area (TPSA) is 87.6 Å². The average Bonchev–Trinajstić information content (AvgIpc) is 2.47. The van der Waals surface area contributed by atoms with Gasteiger partial charge in [-0.1, -0.05) is 13.8 Å². The summed E-state index contributed by atoms with van der Waals surface area (Å²) in [5, 5.41) is 12.2. The van der Waals surface area contributed by atoms with Crippen molar-refractivity contribution in [3.63, 3.8) is 0 Å². The van der Waals surface area contributed by atoms with Gasteiger partial charge in [0.2, 0.25) is 5.95 Å². The molecule has 0 saturated carbocycles. The third-order valence-electron chi connectivity index (χ3n) is 3.26. The molecule has 1 atom stereocenters. The van der Waals surface area contributed by atoms with E-state index in [9.17, 15) is 9.90 Å². The van der Waals surface area contributed by atoms with E-state index in [1.807, 2.05) is 18.7 Å². The van der Waals surface area contributed by atoms with Gasteiger partial charge in [0.1, 0.15) is 11.9 Å². The first kappa shape index (κ1) is 15.5. The maximum atomic E-state index is 11.3. The molecule has 0 spiro atoms. The Morgan fingerprint density at radius 2 is 2.19 bits per heavy atom. The molecule has 2 heterocycles. The second kappa shape index (κ2) is 7.21. The lowest BCUT2D eigenvalue weighted by molar-refractivity contribution is -0.138. The van der Waals surface area contributed by atoms with Gasteiger partial charge in [0.25, 0.3) is 0 Å². The van der Waals surface area contributed by atoms with E-state index in [4.69, 9.17) is 4.74 Å². The summed E-state index contributed by atoms with van der Waals surface area (Å²) in [6.07, 6.45) is 2.20. The Kier molecular flexibility index (Phi) is 5.32. The van der Waals surface area contributed by atoms with E-state index in [-0.39, 0.29) is 0 Å². The van der Waals surface area contributed by atoms with Crippen molar-refractivity contribution in [3.05, 3.63) is 12.3 Å². The van der Waals surface area contributed by atoms with Crippen molar-refractivity contribution in [2.75, 3.05) is 36.5 Å². The number of hydrogen-bond donors (Lipinski definition) is 2. The summed E-state index contributed by atoms with van der Waals surface area (Å²) in [7, 11) is 0. The Balaban J connectivity index is 2.07. The Morgan fingerprint density at radius 3 is 2.81 bits per heavy atom. The highest BCUT2D eigenvalue weighted by Gasteiger charge is 2.20. The molecule has 0 aromatic carbocycles. The van der Waals surface area contributed by atoms with Gasteiger partial charge in [-0.15, -0.1) is 0 Å². The van der Waals surface area contributed by atoms with Crippen molar-refractivity contribution >= 4 is 17.7 Å². The number of rotatable bonds is 6. The molecule has 1 aromatic rings. The van der Waals surface area contributed by atoms with Crippen molar-refractivity contribution in [2.24, 2.45) is 5.92 Å². The molecule has 2 rings (SSSR count). The molecule has 0 bridgehead atoms. The van der Waals surface area contributed by atoms with Crippen LogP contribution in [0.5, 0.6) is 0 Å². The van der Waals surface area contributed by atoms with Crippen LogP contribution >= 0.6 is 0 Å². The number of carboxylic acids is 1. The summed E-state index contributed by atoms with van der Waals surface area (Å²) in [4.78, 5) is 22.0. The molecule has 7 heteroatoms. The molecule has 1 aliphatic rings. The third-order valence-corrected chi connectivity index (χ3v) is 3.26. The third kappa shape index (κ3) is 4.56. The highest BCUT2D eigenvalue weighted by atomic mass is 16.5. The second-order valence-corrected chi connectivity index (χ2v) is 5.51. The Labute approximate surface area is 124 Å². The fourth-order valence-corrected chi connectivity index (χ4v) is 2.22. The molecule has 2 N–H and O–H groups in total. The summed E-state index contributed by atoms with van der Waals surface area (Å²) >= 11 is 0. The van der Waals surface area contributed by atoms with Crippen LogP contribution in [0.15, 0.2) is 12.3 Å². The lowest BCUT2D eigenvalue weighted by atomic mass is 10.0. The highest BCUT2D eigenvalue weighted by molar-refractivity contribution is 5.76. The predicted molar refractivity (Wildman–Crippen MR) is 79.6 cm³/mol. The van der Waals surface area contributed by atoms with Gasteiger partial charge in [-0.3, -0.25) is 0 Å². The minimum atomic E-state index is -0.866. The number of carboxylic acid groups (broad SMARTS) is 1. The van der Waals surface area contributed by atoms with Gasteiger partial charge in [0.05, 0.1) is 13.2 Å². The minimum Gasteiger partial charge on any atom is -0.480 e. The molecule has 0 radical (unpaired) electrons. The second-order valence-electron chi connectivity index (χ2n) is 5.51. The molecule has 1 fully saturated rings. The fraction of sp³-hybridized carbons (Fsp3) is 0.643. The summed E-state index contributed by atoms with van der Waals surface area (Å²) in [6, 6.07) is 1.05. The smallest absolute Gasteiger partial charge is 0.326 e. The summed E-state index contributed by atoms with van der Waals surface area (Å²) < 4.78 is 5.30. The largest absolute Gasteiger partial charge is 0.480 e. The van der Waals surface area contributed by atoms with Gasteiger partial charge in [0.15, 0.2) is 0 Å². The van der Waals surface area contributed by atoms with Gasteiger partial charge < -0.3 is 20.1 Å². The number of anilines is 2. The Hall–Kier alpha value is -1.89. The van der Waals surface area contributed by atoms with Gasteiger partial charge in [-0.2, -0.15) is 4.98 Å². The Bertz CT molecular complexity index is 475. The van der Waals surface area contributed by atoms with Crippen LogP contribution < -0.4 is 10.2 Å². The first-order chi connectivity index (χ1) is 10.1. The van der Waals surface area contributed by atoms with Crippen molar-refractivity contribution in [3.8, 4) is 0 Å². The van der Waals surface area contributed by atoms with E-state index in [0.29, 0.717) is 37.3 Å². The van der Waals surface area contributed by atoms with Crippen molar-refractivity contribution in [1.29, 1.82) is 0 Å². The molecule has 0 unspecified atom stereocenters. The molecule has 7 nitrogen and oxygen atoms in total.